The third kappa shape index (κ3) is 4.32. The van der Waals surface area contributed by atoms with Crippen LogP contribution in [0.1, 0.15) is 16.1 Å². The minimum atomic E-state index is -0.505. The summed E-state index contributed by atoms with van der Waals surface area (Å²) < 4.78 is 5.15. The first-order valence-electron chi connectivity index (χ1n) is 6.71. The van der Waals surface area contributed by atoms with E-state index in [1.54, 1.807) is 42.5 Å². The lowest BCUT2D eigenvalue weighted by atomic mass is 10.2. The summed E-state index contributed by atoms with van der Waals surface area (Å²) in [5.41, 5.74) is 0.472. The predicted molar refractivity (Wildman–Crippen MR) is 80.7 cm³/mol. The number of nitrogens with one attached hydrogen (secondary N) is 2. The van der Waals surface area contributed by atoms with Gasteiger partial charge >= 0.3 is 0 Å². The first-order valence-corrected chi connectivity index (χ1v) is 6.71. The van der Waals surface area contributed by atoms with Crippen molar-refractivity contribution in [2.75, 3.05) is 13.2 Å². The highest BCUT2D eigenvalue weighted by Crippen LogP contribution is 2.07. The molecule has 1 heterocycles. The number of hydrogen-bond donors (Lipinski definition) is 3. The molecule has 3 N–H and O–H groups in total. The second kappa shape index (κ2) is 7.80. The molecular formula is C16H16N2O4. The van der Waals surface area contributed by atoms with Crippen LogP contribution in [0.4, 0.5) is 0 Å². The van der Waals surface area contributed by atoms with Crippen molar-refractivity contribution in [1.82, 2.24) is 10.6 Å². The van der Waals surface area contributed by atoms with E-state index >= 15 is 0 Å². The van der Waals surface area contributed by atoms with Gasteiger partial charge in [0.1, 0.15) is 11.5 Å². The summed E-state index contributed by atoms with van der Waals surface area (Å²) >= 11 is 0. The van der Waals surface area contributed by atoms with Gasteiger partial charge in [-0.15, -0.1) is 0 Å². The number of aliphatic hydroxyl groups excluding tert-OH is 1. The topological polar surface area (TPSA) is 91.6 Å². The zero-order valence-corrected chi connectivity index (χ0v) is 11.8. The number of rotatable bonds is 6. The van der Waals surface area contributed by atoms with Gasteiger partial charge in [0.15, 0.2) is 0 Å². The van der Waals surface area contributed by atoms with Gasteiger partial charge in [0.25, 0.3) is 11.8 Å². The maximum absolute atomic E-state index is 12.1. The number of amides is 2. The van der Waals surface area contributed by atoms with E-state index in [0.717, 1.165) is 0 Å². The van der Waals surface area contributed by atoms with Gasteiger partial charge in [-0.05, 0) is 24.3 Å². The highest BCUT2D eigenvalue weighted by atomic mass is 16.3. The molecule has 0 bridgehead atoms. The molecule has 6 heteroatoms. The number of furan rings is 1. The van der Waals surface area contributed by atoms with Crippen LogP contribution in [0.3, 0.4) is 0 Å². The lowest BCUT2D eigenvalue weighted by Gasteiger charge is -2.10. The summed E-state index contributed by atoms with van der Waals surface area (Å²) in [5, 5.41) is 13.8. The molecule has 0 aliphatic rings. The van der Waals surface area contributed by atoms with Crippen LogP contribution in [-0.2, 0) is 4.79 Å². The molecule has 0 atom stereocenters. The Hall–Kier alpha value is -2.86. The summed E-state index contributed by atoms with van der Waals surface area (Å²) in [6.07, 6.45) is 2.89. The van der Waals surface area contributed by atoms with Crippen molar-refractivity contribution in [2.45, 2.75) is 0 Å². The lowest BCUT2D eigenvalue weighted by molar-refractivity contribution is -0.117. The molecule has 0 fully saturated rings. The largest absolute Gasteiger partial charge is 0.465 e. The fourth-order valence-electron chi connectivity index (χ4n) is 1.72. The molecule has 0 saturated heterocycles. The second-order valence-electron chi connectivity index (χ2n) is 4.37. The quantitative estimate of drug-likeness (QED) is 0.698. The van der Waals surface area contributed by atoms with E-state index in [9.17, 15) is 9.59 Å². The Morgan fingerprint density at radius 1 is 1.14 bits per heavy atom. The monoisotopic (exact) mass is 300 g/mol. The summed E-state index contributed by atoms with van der Waals surface area (Å²) in [6.45, 7) is -0.0953. The maximum Gasteiger partial charge on any atom is 0.268 e. The Balaban J connectivity index is 2.17. The number of hydrogen-bond acceptors (Lipinski definition) is 4. The molecule has 2 amide bonds. The number of benzene rings is 1. The average molecular weight is 300 g/mol. The zero-order valence-electron chi connectivity index (χ0n) is 11.8. The summed E-state index contributed by atoms with van der Waals surface area (Å²) in [7, 11) is 0. The van der Waals surface area contributed by atoms with Crippen molar-refractivity contribution in [3.05, 3.63) is 65.7 Å². The van der Waals surface area contributed by atoms with Crippen LogP contribution in [0.25, 0.3) is 6.08 Å². The lowest BCUT2D eigenvalue weighted by Crippen LogP contribution is -2.36. The number of aliphatic hydroxyl groups is 1. The van der Waals surface area contributed by atoms with E-state index in [1.165, 1.54) is 12.3 Å². The fourth-order valence-corrected chi connectivity index (χ4v) is 1.72. The van der Waals surface area contributed by atoms with Gasteiger partial charge in [0, 0.05) is 18.2 Å². The third-order valence-electron chi connectivity index (χ3n) is 2.76. The van der Waals surface area contributed by atoms with E-state index in [0.29, 0.717) is 11.3 Å². The molecule has 6 nitrogen and oxygen atoms in total. The van der Waals surface area contributed by atoms with Crippen LogP contribution >= 0.6 is 0 Å². The third-order valence-corrected chi connectivity index (χ3v) is 2.76. The number of carbonyl (C=O) groups excluding carboxylic acids is 2. The Labute approximate surface area is 127 Å². The van der Waals surface area contributed by atoms with E-state index in [4.69, 9.17) is 9.52 Å². The van der Waals surface area contributed by atoms with Crippen molar-refractivity contribution in [3.63, 3.8) is 0 Å². The van der Waals surface area contributed by atoms with Crippen molar-refractivity contribution in [2.24, 2.45) is 0 Å². The van der Waals surface area contributed by atoms with Gasteiger partial charge < -0.3 is 20.2 Å². The van der Waals surface area contributed by atoms with Crippen LogP contribution in [0.15, 0.2) is 58.8 Å². The first-order chi connectivity index (χ1) is 10.7. The molecule has 114 valence electrons. The SMILES string of the molecule is O=C(NCCO)C(=Cc1ccco1)NC(=O)c1ccccc1. The summed E-state index contributed by atoms with van der Waals surface area (Å²) in [6, 6.07) is 11.9. The normalized spacial score (nSPS) is 11.0. The van der Waals surface area contributed by atoms with Gasteiger partial charge in [0.05, 0.1) is 12.9 Å². The predicted octanol–water partition coefficient (Wildman–Crippen LogP) is 1.16. The van der Waals surface area contributed by atoms with E-state index in [2.05, 4.69) is 10.6 Å². The maximum atomic E-state index is 12.1. The highest BCUT2D eigenvalue weighted by Gasteiger charge is 2.14. The van der Waals surface area contributed by atoms with Gasteiger partial charge in [0.2, 0.25) is 0 Å². The van der Waals surface area contributed by atoms with Gasteiger partial charge in [-0.1, -0.05) is 18.2 Å². The molecule has 1 aromatic heterocycles. The minimum absolute atomic E-state index is 0.0391. The molecule has 0 radical (unpaired) electrons. The first kappa shape index (κ1) is 15.5. The van der Waals surface area contributed by atoms with Crippen LogP contribution in [0.2, 0.25) is 0 Å². The zero-order chi connectivity index (χ0) is 15.8. The summed E-state index contributed by atoms with van der Waals surface area (Å²) in [4.78, 5) is 24.2. The van der Waals surface area contributed by atoms with E-state index in [-0.39, 0.29) is 18.8 Å². The van der Waals surface area contributed by atoms with E-state index < -0.39 is 11.8 Å². The van der Waals surface area contributed by atoms with E-state index in [1.807, 2.05) is 0 Å². The molecule has 0 spiro atoms. The molecule has 0 aliphatic heterocycles. The van der Waals surface area contributed by atoms with Gasteiger partial charge in [-0.3, -0.25) is 9.59 Å². The standard InChI is InChI=1S/C16H16N2O4/c19-9-8-17-16(21)14(11-13-7-4-10-22-13)18-15(20)12-5-2-1-3-6-12/h1-7,10-11,19H,8-9H2,(H,17,21)(H,18,20). The Morgan fingerprint density at radius 3 is 2.55 bits per heavy atom. The Morgan fingerprint density at radius 2 is 1.91 bits per heavy atom. The minimum Gasteiger partial charge on any atom is -0.465 e. The molecular weight excluding hydrogens is 284 g/mol. The Kier molecular flexibility index (Phi) is 5.50. The van der Waals surface area contributed by atoms with Crippen molar-refractivity contribution >= 4 is 17.9 Å². The van der Waals surface area contributed by atoms with Crippen molar-refractivity contribution < 1.29 is 19.1 Å². The van der Waals surface area contributed by atoms with Crippen molar-refractivity contribution in [1.29, 1.82) is 0 Å². The molecule has 0 saturated carbocycles. The average Bonchev–Trinajstić information content (AvgIpc) is 3.05. The molecule has 1 aromatic carbocycles. The number of carbonyl (C=O) groups is 2. The highest BCUT2D eigenvalue weighted by molar-refractivity contribution is 6.05. The molecule has 2 aromatic rings. The van der Waals surface area contributed by atoms with Gasteiger partial charge in [-0.2, -0.15) is 0 Å². The second-order valence-corrected chi connectivity index (χ2v) is 4.37. The van der Waals surface area contributed by atoms with Crippen LogP contribution in [0, 0.1) is 0 Å². The van der Waals surface area contributed by atoms with Gasteiger partial charge in [-0.25, -0.2) is 0 Å². The van der Waals surface area contributed by atoms with Crippen LogP contribution in [0.5, 0.6) is 0 Å². The molecule has 22 heavy (non-hydrogen) atoms. The fraction of sp³-hybridized carbons (Fsp3) is 0.125. The Bertz CT molecular complexity index is 648. The molecule has 0 unspecified atom stereocenters. The van der Waals surface area contributed by atoms with Crippen LogP contribution < -0.4 is 10.6 Å². The van der Waals surface area contributed by atoms with Crippen LogP contribution in [-0.4, -0.2) is 30.1 Å². The van der Waals surface area contributed by atoms with Crippen molar-refractivity contribution in [3.8, 4) is 0 Å². The molecule has 2 rings (SSSR count). The molecule has 0 aliphatic carbocycles. The summed E-state index contributed by atoms with van der Waals surface area (Å²) in [5.74, 6) is -0.477. The smallest absolute Gasteiger partial charge is 0.268 e.